The molecule has 0 saturated carbocycles. The van der Waals surface area contributed by atoms with E-state index < -0.39 is 0 Å². The maximum atomic E-state index is 12.5. The first-order valence-corrected chi connectivity index (χ1v) is 9.12. The lowest BCUT2D eigenvalue weighted by atomic mass is 9.99. The lowest BCUT2D eigenvalue weighted by Crippen LogP contribution is -2.26. The van der Waals surface area contributed by atoms with Gasteiger partial charge in [0.05, 0.1) is 18.6 Å². The smallest absolute Gasteiger partial charge is 0.223 e. The Bertz CT molecular complexity index is 857. The van der Waals surface area contributed by atoms with Gasteiger partial charge < -0.3 is 9.47 Å². The van der Waals surface area contributed by atoms with Gasteiger partial charge in [-0.1, -0.05) is 60.7 Å². The number of aromatic nitrogens is 2. The lowest BCUT2D eigenvalue weighted by Gasteiger charge is -2.18. The highest BCUT2D eigenvalue weighted by Crippen LogP contribution is 2.23. The van der Waals surface area contributed by atoms with Gasteiger partial charge in [-0.15, -0.1) is 0 Å². The van der Waals surface area contributed by atoms with E-state index >= 15 is 0 Å². The minimum Gasteiger partial charge on any atom is -0.337 e. The quantitative estimate of drug-likeness (QED) is 0.685. The number of nitrogens with zero attached hydrogens (tertiary/aromatic N) is 3. The standard InChI is InChI=1S/C22H23N3O/c26-22-12-20(11-18-7-3-1-4-8-18)15-24(22)16-21-13-23-17-25(21)14-19-9-5-2-6-10-19/h1-10,13,17,20H,11-12,14-16H2. The molecule has 1 aliphatic rings. The highest BCUT2D eigenvalue weighted by Gasteiger charge is 2.30. The van der Waals surface area contributed by atoms with Crippen molar-refractivity contribution in [1.82, 2.24) is 14.5 Å². The van der Waals surface area contributed by atoms with Crippen molar-refractivity contribution in [1.29, 1.82) is 0 Å². The number of imidazole rings is 1. The first-order chi connectivity index (χ1) is 12.8. The van der Waals surface area contributed by atoms with Crippen molar-refractivity contribution in [3.63, 3.8) is 0 Å². The van der Waals surface area contributed by atoms with Crippen LogP contribution in [0.4, 0.5) is 0 Å². The largest absolute Gasteiger partial charge is 0.337 e. The van der Waals surface area contributed by atoms with E-state index in [1.807, 2.05) is 41.7 Å². The molecule has 0 spiro atoms. The molecule has 2 heterocycles. The molecule has 0 N–H and O–H groups in total. The summed E-state index contributed by atoms with van der Waals surface area (Å²) in [5.74, 6) is 0.647. The molecule has 1 aromatic heterocycles. The first kappa shape index (κ1) is 16.6. The summed E-state index contributed by atoms with van der Waals surface area (Å²) in [7, 11) is 0. The van der Waals surface area contributed by atoms with Gasteiger partial charge in [0.25, 0.3) is 0 Å². The molecule has 2 aromatic carbocycles. The fourth-order valence-electron chi connectivity index (χ4n) is 3.69. The van der Waals surface area contributed by atoms with Crippen LogP contribution in [0.1, 0.15) is 23.2 Å². The molecule has 26 heavy (non-hydrogen) atoms. The van der Waals surface area contributed by atoms with Crippen LogP contribution in [0.25, 0.3) is 0 Å². The third kappa shape index (κ3) is 3.85. The summed E-state index contributed by atoms with van der Waals surface area (Å²) in [4.78, 5) is 18.7. The Morgan fingerprint density at radius 3 is 2.35 bits per heavy atom. The van der Waals surface area contributed by atoms with Gasteiger partial charge >= 0.3 is 0 Å². The fraction of sp³-hybridized carbons (Fsp3) is 0.273. The number of carbonyl (C=O) groups is 1. The summed E-state index contributed by atoms with van der Waals surface area (Å²) in [6, 6.07) is 20.8. The van der Waals surface area contributed by atoms with Crippen LogP contribution in [-0.4, -0.2) is 26.9 Å². The predicted molar refractivity (Wildman–Crippen MR) is 101 cm³/mol. The Labute approximate surface area is 154 Å². The van der Waals surface area contributed by atoms with Gasteiger partial charge in [0, 0.05) is 25.7 Å². The zero-order valence-electron chi connectivity index (χ0n) is 14.8. The van der Waals surface area contributed by atoms with E-state index in [1.165, 1.54) is 11.1 Å². The fourth-order valence-corrected chi connectivity index (χ4v) is 3.69. The Hall–Kier alpha value is -2.88. The molecule has 1 fully saturated rings. The van der Waals surface area contributed by atoms with Crippen LogP contribution in [0.5, 0.6) is 0 Å². The van der Waals surface area contributed by atoms with Crippen LogP contribution >= 0.6 is 0 Å². The second kappa shape index (κ2) is 7.56. The van der Waals surface area contributed by atoms with Crippen LogP contribution in [0, 0.1) is 5.92 Å². The molecular weight excluding hydrogens is 322 g/mol. The average molecular weight is 345 g/mol. The summed E-state index contributed by atoms with van der Waals surface area (Å²) >= 11 is 0. The van der Waals surface area contributed by atoms with Gasteiger partial charge in [-0.25, -0.2) is 4.98 Å². The predicted octanol–water partition coefficient (Wildman–Crippen LogP) is 3.52. The molecule has 1 unspecified atom stereocenters. The number of benzene rings is 2. The topological polar surface area (TPSA) is 38.1 Å². The SMILES string of the molecule is O=C1CC(Cc2ccccc2)CN1Cc1cncn1Cc1ccccc1. The molecule has 4 rings (SSSR count). The number of hydrogen-bond donors (Lipinski definition) is 0. The molecule has 1 atom stereocenters. The molecule has 0 aliphatic carbocycles. The number of carbonyl (C=O) groups excluding carboxylic acids is 1. The molecular formula is C22H23N3O. The molecule has 1 saturated heterocycles. The summed E-state index contributed by atoms with van der Waals surface area (Å²) in [5, 5.41) is 0. The summed E-state index contributed by atoms with van der Waals surface area (Å²) in [5.41, 5.74) is 3.63. The number of hydrogen-bond acceptors (Lipinski definition) is 2. The van der Waals surface area contributed by atoms with Gasteiger partial charge in [0.1, 0.15) is 0 Å². The van der Waals surface area contributed by atoms with Gasteiger partial charge in [-0.3, -0.25) is 4.79 Å². The van der Waals surface area contributed by atoms with Crippen molar-refractivity contribution in [2.75, 3.05) is 6.54 Å². The normalized spacial score (nSPS) is 17.0. The Morgan fingerprint density at radius 1 is 0.923 bits per heavy atom. The maximum Gasteiger partial charge on any atom is 0.223 e. The molecule has 0 radical (unpaired) electrons. The van der Waals surface area contributed by atoms with Crippen LogP contribution < -0.4 is 0 Å². The first-order valence-electron chi connectivity index (χ1n) is 9.12. The van der Waals surface area contributed by atoms with Crippen LogP contribution in [0.2, 0.25) is 0 Å². The van der Waals surface area contributed by atoms with E-state index in [-0.39, 0.29) is 5.91 Å². The Kier molecular flexibility index (Phi) is 4.82. The van der Waals surface area contributed by atoms with E-state index in [0.717, 1.165) is 25.2 Å². The Balaban J connectivity index is 1.40. The van der Waals surface area contributed by atoms with Crippen molar-refractivity contribution >= 4 is 5.91 Å². The van der Waals surface area contributed by atoms with E-state index in [9.17, 15) is 4.79 Å². The maximum absolute atomic E-state index is 12.5. The van der Waals surface area contributed by atoms with Crippen molar-refractivity contribution in [3.05, 3.63) is 90.0 Å². The highest BCUT2D eigenvalue weighted by molar-refractivity contribution is 5.78. The van der Waals surface area contributed by atoms with E-state index in [1.54, 1.807) is 0 Å². The minimum absolute atomic E-state index is 0.249. The summed E-state index contributed by atoms with van der Waals surface area (Å²) in [6.45, 7) is 2.24. The lowest BCUT2D eigenvalue weighted by molar-refractivity contribution is -0.128. The number of amides is 1. The van der Waals surface area contributed by atoms with Crippen molar-refractivity contribution in [2.45, 2.75) is 25.9 Å². The third-order valence-electron chi connectivity index (χ3n) is 5.01. The molecule has 4 nitrogen and oxygen atoms in total. The monoisotopic (exact) mass is 345 g/mol. The molecule has 4 heteroatoms. The van der Waals surface area contributed by atoms with Crippen molar-refractivity contribution in [2.24, 2.45) is 5.92 Å². The van der Waals surface area contributed by atoms with Crippen LogP contribution in [0.15, 0.2) is 73.2 Å². The number of rotatable bonds is 6. The van der Waals surface area contributed by atoms with E-state index in [4.69, 9.17) is 0 Å². The van der Waals surface area contributed by atoms with Crippen LogP contribution in [-0.2, 0) is 24.3 Å². The zero-order chi connectivity index (χ0) is 17.8. The van der Waals surface area contributed by atoms with Gasteiger partial charge in [0.15, 0.2) is 0 Å². The van der Waals surface area contributed by atoms with Crippen LogP contribution in [0.3, 0.4) is 0 Å². The molecule has 0 bridgehead atoms. The second-order valence-electron chi connectivity index (χ2n) is 7.03. The van der Waals surface area contributed by atoms with Gasteiger partial charge in [-0.05, 0) is 23.5 Å². The van der Waals surface area contributed by atoms with Gasteiger partial charge in [0.2, 0.25) is 5.91 Å². The van der Waals surface area contributed by atoms with E-state index in [2.05, 4.69) is 45.9 Å². The molecule has 3 aromatic rings. The molecule has 1 aliphatic heterocycles. The number of likely N-dealkylation sites (tertiary alicyclic amines) is 1. The molecule has 1 amide bonds. The Morgan fingerprint density at radius 2 is 1.62 bits per heavy atom. The third-order valence-corrected chi connectivity index (χ3v) is 5.01. The van der Waals surface area contributed by atoms with E-state index in [0.29, 0.717) is 18.9 Å². The molecule has 132 valence electrons. The highest BCUT2D eigenvalue weighted by atomic mass is 16.2. The van der Waals surface area contributed by atoms with Crippen molar-refractivity contribution < 1.29 is 4.79 Å². The van der Waals surface area contributed by atoms with Gasteiger partial charge in [-0.2, -0.15) is 0 Å². The average Bonchev–Trinajstić information content (AvgIpc) is 3.23. The zero-order valence-corrected chi connectivity index (χ0v) is 14.8. The second-order valence-corrected chi connectivity index (χ2v) is 7.03. The minimum atomic E-state index is 0.249. The van der Waals surface area contributed by atoms with Crippen molar-refractivity contribution in [3.8, 4) is 0 Å². The summed E-state index contributed by atoms with van der Waals surface area (Å²) in [6.07, 6.45) is 5.33. The summed E-state index contributed by atoms with van der Waals surface area (Å²) < 4.78 is 2.13.